The van der Waals surface area contributed by atoms with Crippen molar-refractivity contribution in [3.8, 4) is 0 Å². The number of hydrogen-bond acceptors (Lipinski definition) is 2. The SMILES string of the molecule is O=C(O)CCCCCCCNC(=O)c1cc2c(F)cccc2[nH]1. The average molecular weight is 320 g/mol. The summed E-state index contributed by atoms with van der Waals surface area (Å²) in [6.07, 6.45) is 4.55. The summed E-state index contributed by atoms with van der Waals surface area (Å²) < 4.78 is 13.6. The second-order valence-corrected chi connectivity index (χ2v) is 5.55. The molecule has 23 heavy (non-hydrogen) atoms. The Balaban J connectivity index is 1.68. The number of halogens is 1. The Kier molecular flexibility index (Phi) is 6.14. The Hall–Kier alpha value is -2.37. The maximum Gasteiger partial charge on any atom is 0.303 e. The predicted molar refractivity (Wildman–Crippen MR) is 85.9 cm³/mol. The van der Waals surface area contributed by atoms with Gasteiger partial charge >= 0.3 is 5.97 Å². The van der Waals surface area contributed by atoms with E-state index in [1.54, 1.807) is 12.1 Å². The van der Waals surface area contributed by atoms with E-state index in [2.05, 4.69) is 10.3 Å². The van der Waals surface area contributed by atoms with Crippen LogP contribution in [0.1, 0.15) is 49.0 Å². The van der Waals surface area contributed by atoms with Crippen molar-refractivity contribution in [3.63, 3.8) is 0 Å². The van der Waals surface area contributed by atoms with Crippen molar-refractivity contribution in [1.29, 1.82) is 0 Å². The molecular weight excluding hydrogens is 299 g/mol. The lowest BCUT2D eigenvalue weighted by atomic mass is 10.1. The van der Waals surface area contributed by atoms with Crippen LogP contribution in [0, 0.1) is 5.82 Å². The molecule has 0 fully saturated rings. The fourth-order valence-electron chi connectivity index (χ4n) is 2.47. The summed E-state index contributed by atoms with van der Waals surface area (Å²) >= 11 is 0. The summed E-state index contributed by atoms with van der Waals surface area (Å²) in [6.45, 7) is 0.551. The van der Waals surface area contributed by atoms with Crippen LogP contribution in [-0.4, -0.2) is 28.5 Å². The van der Waals surface area contributed by atoms with Crippen molar-refractivity contribution in [2.45, 2.75) is 38.5 Å². The number of fused-ring (bicyclic) bond motifs is 1. The minimum Gasteiger partial charge on any atom is -0.481 e. The number of amides is 1. The molecule has 3 N–H and O–H groups in total. The van der Waals surface area contributed by atoms with E-state index in [9.17, 15) is 14.0 Å². The Labute approximate surface area is 133 Å². The number of carboxylic acids is 1. The highest BCUT2D eigenvalue weighted by Gasteiger charge is 2.10. The third-order valence-corrected chi connectivity index (χ3v) is 3.71. The quantitative estimate of drug-likeness (QED) is 0.619. The molecule has 0 saturated heterocycles. The zero-order valence-corrected chi connectivity index (χ0v) is 12.9. The second-order valence-electron chi connectivity index (χ2n) is 5.55. The van der Waals surface area contributed by atoms with Gasteiger partial charge in [-0.3, -0.25) is 9.59 Å². The van der Waals surface area contributed by atoms with Gasteiger partial charge in [0.15, 0.2) is 0 Å². The summed E-state index contributed by atoms with van der Waals surface area (Å²) in [6, 6.07) is 6.21. The first kappa shape index (κ1) is 17.0. The van der Waals surface area contributed by atoms with Crippen molar-refractivity contribution in [2.24, 2.45) is 0 Å². The fourth-order valence-corrected chi connectivity index (χ4v) is 2.47. The van der Waals surface area contributed by atoms with E-state index < -0.39 is 5.97 Å². The predicted octanol–water partition coefficient (Wildman–Crippen LogP) is 3.46. The molecule has 1 heterocycles. The van der Waals surface area contributed by atoms with Gasteiger partial charge in [-0.1, -0.05) is 25.3 Å². The minimum atomic E-state index is -0.757. The summed E-state index contributed by atoms with van der Waals surface area (Å²) in [7, 11) is 0. The van der Waals surface area contributed by atoms with E-state index in [1.807, 2.05) is 0 Å². The van der Waals surface area contributed by atoms with E-state index in [0.29, 0.717) is 29.6 Å². The third kappa shape index (κ3) is 5.09. The lowest BCUT2D eigenvalue weighted by Crippen LogP contribution is -2.24. The van der Waals surface area contributed by atoms with Crippen LogP contribution in [0.5, 0.6) is 0 Å². The largest absolute Gasteiger partial charge is 0.481 e. The normalized spacial score (nSPS) is 10.8. The Morgan fingerprint density at radius 1 is 1.13 bits per heavy atom. The maximum absolute atomic E-state index is 13.6. The van der Waals surface area contributed by atoms with Crippen molar-refractivity contribution >= 4 is 22.8 Å². The number of aliphatic carboxylic acids is 1. The zero-order chi connectivity index (χ0) is 16.7. The first-order chi connectivity index (χ1) is 11.1. The molecule has 1 aromatic carbocycles. The molecule has 0 aliphatic carbocycles. The zero-order valence-electron chi connectivity index (χ0n) is 12.9. The van der Waals surface area contributed by atoms with Gasteiger partial charge in [0.2, 0.25) is 0 Å². The van der Waals surface area contributed by atoms with Gasteiger partial charge in [-0.15, -0.1) is 0 Å². The summed E-state index contributed by atoms with van der Waals surface area (Å²) in [5.74, 6) is -1.35. The number of nitrogens with one attached hydrogen (secondary N) is 2. The van der Waals surface area contributed by atoms with Crippen LogP contribution < -0.4 is 5.32 Å². The van der Waals surface area contributed by atoms with Gasteiger partial charge in [-0.2, -0.15) is 0 Å². The molecule has 5 nitrogen and oxygen atoms in total. The first-order valence-corrected chi connectivity index (χ1v) is 7.85. The molecule has 0 saturated carbocycles. The molecule has 124 valence electrons. The summed E-state index contributed by atoms with van der Waals surface area (Å²) in [4.78, 5) is 25.3. The van der Waals surface area contributed by atoms with Gasteiger partial charge in [0.1, 0.15) is 11.5 Å². The summed E-state index contributed by atoms with van der Waals surface area (Å²) in [5, 5.41) is 11.7. The number of hydrogen-bond donors (Lipinski definition) is 3. The van der Waals surface area contributed by atoms with E-state index >= 15 is 0 Å². The Morgan fingerprint density at radius 2 is 1.87 bits per heavy atom. The van der Waals surface area contributed by atoms with Crippen LogP contribution in [0.4, 0.5) is 4.39 Å². The number of aromatic nitrogens is 1. The molecule has 0 radical (unpaired) electrons. The highest BCUT2D eigenvalue weighted by atomic mass is 19.1. The average Bonchev–Trinajstić information content (AvgIpc) is 2.95. The van der Waals surface area contributed by atoms with E-state index in [0.717, 1.165) is 25.7 Å². The van der Waals surface area contributed by atoms with Crippen LogP contribution >= 0.6 is 0 Å². The molecular formula is C17H21FN2O3. The molecule has 0 atom stereocenters. The van der Waals surface area contributed by atoms with E-state index in [-0.39, 0.29) is 18.1 Å². The lowest BCUT2D eigenvalue weighted by molar-refractivity contribution is -0.137. The topological polar surface area (TPSA) is 82.2 Å². The molecule has 0 aliphatic rings. The molecule has 2 aromatic rings. The number of carbonyl (C=O) groups is 2. The minimum absolute atomic E-state index is 0.216. The molecule has 0 aliphatic heterocycles. The number of H-pyrrole nitrogens is 1. The Bertz CT molecular complexity index is 682. The highest BCUT2D eigenvalue weighted by molar-refractivity contribution is 5.98. The van der Waals surface area contributed by atoms with Crippen LogP contribution in [0.25, 0.3) is 10.9 Å². The van der Waals surface area contributed by atoms with Crippen molar-refractivity contribution in [2.75, 3.05) is 6.54 Å². The van der Waals surface area contributed by atoms with Crippen molar-refractivity contribution < 1.29 is 19.1 Å². The van der Waals surface area contributed by atoms with Gasteiger partial charge < -0.3 is 15.4 Å². The number of carboxylic acid groups (broad SMARTS) is 1. The molecule has 0 spiro atoms. The van der Waals surface area contributed by atoms with Gasteiger partial charge in [0.25, 0.3) is 5.91 Å². The second kappa shape index (κ2) is 8.31. The molecule has 1 aromatic heterocycles. The fraction of sp³-hybridized carbons (Fsp3) is 0.412. The Morgan fingerprint density at radius 3 is 2.61 bits per heavy atom. The van der Waals surface area contributed by atoms with Crippen LogP contribution in [-0.2, 0) is 4.79 Å². The maximum atomic E-state index is 13.6. The van der Waals surface area contributed by atoms with Crippen LogP contribution in [0.3, 0.4) is 0 Å². The monoisotopic (exact) mass is 320 g/mol. The van der Waals surface area contributed by atoms with Crippen molar-refractivity contribution in [3.05, 3.63) is 35.8 Å². The third-order valence-electron chi connectivity index (χ3n) is 3.71. The number of benzene rings is 1. The molecule has 2 rings (SSSR count). The lowest BCUT2D eigenvalue weighted by Gasteiger charge is -2.03. The van der Waals surface area contributed by atoms with Gasteiger partial charge in [0.05, 0.1) is 0 Å². The van der Waals surface area contributed by atoms with Crippen LogP contribution in [0.15, 0.2) is 24.3 Å². The summed E-state index contributed by atoms with van der Waals surface area (Å²) in [5.41, 5.74) is 0.958. The molecule has 1 amide bonds. The first-order valence-electron chi connectivity index (χ1n) is 7.85. The number of aromatic amines is 1. The van der Waals surface area contributed by atoms with Crippen molar-refractivity contribution in [1.82, 2.24) is 10.3 Å². The molecule has 6 heteroatoms. The smallest absolute Gasteiger partial charge is 0.303 e. The number of rotatable bonds is 9. The van der Waals surface area contributed by atoms with Gasteiger partial charge in [-0.05, 0) is 31.0 Å². The van der Waals surface area contributed by atoms with E-state index in [1.165, 1.54) is 12.1 Å². The number of carbonyl (C=O) groups excluding carboxylic acids is 1. The van der Waals surface area contributed by atoms with Gasteiger partial charge in [-0.25, -0.2) is 4.39 Å². The standard InChI is InChI=1S/C17H21FN2O3/c18-13-7-6-8-14-12(13)11-15(20-14)17(23)19-10-5-3-1-2-4-9-16(21)22/h6-8,11,20H,1-5,9-10H2,(H,19,23)(H,21,22). The highest BCUT2D eigenvalue weighted by Crippen LogP contribution is 2.18. The molecule has 0 bridgehead atoms. The molecule has 0 unspecified atom stereocenters. The van der Waals surface area contributed by atoms with E-state index in [4.69, 9.17) is 5.11 Å². The van der Waals surface area contributed by atoms with Crippen LogP contribution in [0.2, 0.25) is 0 Å². The number of unbranched alkanes of at least 4 members (excludes halogenated alkanes) is 4. The van der Waals surface area contributed by atoms with Gasteiger partial charge in [0, 0.05) is 23.9 Å².